The minimum atomic E-state index is -4.00. The fourth-order valence-corrected chi connectivity index (χ4v) is 10.6. The minimum Gasteiger partial charge on any atom is -0.338 e. The highest BCUT2D eigenvalue weighted by Gasteiger charge is 2.29. The highest BCUT2D eigenvalue weighted by molar-refractivity contribution is 7.99. The molecular formula is C46H55Cl4N5O4S2. The number of nitrogens with one attached hydrogen (secondary N) is 3. The lowest BCUT2D eigenvalue weighted by molar-refractivity contribution is -0.116. The van der Waals surface area contributed by atoms with Crippen molar-refractivity contribution in [3.8, 4) is 5.69 Å². The van der Waals surface area contributed by atoms with Crippen LogP contribution in [-0.4, -0.2) is 30.7 Å². The lowest BCUT2D eigenvalue weighted by atomic mass is 10.1. The smallest absolute Gasteiger partial charge is 0.287 e. The summed E-state index contributed by atoms with van der Waals surface area (Å²) in [6.45, 7) is 6.35. The molecule has 0 saturated heterocycles. The molecule has 328 valence electrons. The van der Waals surface area contributed by atoms with E-state index in [1.54, 1.807) is 66.7 Å². The summed E-state index contributed by atoms with van der Waals surface area (Å²) in [4.78, 5) is 28.4. The van der Waals surface area contributed by atoms with Crippen molar-refractivity contribution in [3.05, 3.63) is 115 Å². The van der Waals surface area contributed by atoms with Crippen LogP contribution in [0.1, 0.15) is 109 Å². The molecule has 15 heteroatoms. The molecule has 0 atom stereocenters. The number of unbranched alkanes of at least 4 members (excludes halogenated alkanes) is 11. The zero-order valence-corrected chi connectivity index (χ0v) is 39.6. The normalized spacial score (nSPS) is 11.5. The Morgan fingerprint density at radius 3 is 2.00 bits per heavy atom. The molecule has 5 rings (SSSR count). The van der Waals surface area contributed by atoms with Gasteiger partial charge in [0.15, 0.2) is 0 Å². The van der Waals surface area contributed by atoms with E-state index in [0.717, 1.165) is 43.0 Å². The molecule has 61 heavy (non-hydrogen) atoms. The standard InChI is InChI=1S/C46H55Cl4N5O4S2/c1-4-6-8-9-10-11-12-13-14-15-16-21-42(56)51-34-24-27-36(48)39(31-34)52-45-44(46(57)55(53-45)43-37(49)29-33(47)30-38(43)50)60-41-20-18-17-19-40(41)54(28-7-5-2)61(58,59)35-25-22-32(3)23-26-35/h17-20,22-27,29-31,52-53H,4-16,21,28H2,1-3H3,(H,51,56). The SMILES string of the molecule is CCCCCCCCCCCCCC(=O)Nc1ccc(Cl)c(Nc2[nH]n(-c3c(Cl)cc(Cl)cc3Cl)c(=O)c2Sc2ccccc2N(CCCC)S(=O)(=O)c2ccc(C)cc2)c1. The van der Waals surface area contributed by atoms with Gasteiger partial charge in [-0.15, -0.1) is 0 Å². The van der Waals surface area contributed by atoms with E-state index in [-0.39, 0.29) is 48.8 Å². The van der Waals surface area contributed by atoms with Crippen molar-refractivity contribution in [3.63, 3.8) is 0 Å². The number of anilines is 4. The van der Waals surface area contributed by atoms with Crippen LogP contribution in [0.4, 0.5) is 22.9 Å². The van der Waals surface area contributed by atoms with E-state index in [9.17, 15) is 18.0 Å². The first-order valence-electron chi connectivity index (χ1n) is 21.1. The van der Waals surface area contributed by atoms with E-state index in [4.69, 9.17) is 46.4 Å². The predicted molar refractivity (Wildman–Crippen MR) is 257 cm³/mol. The lowest BCUT2D eigenvalue weighted by Crippen LogP contribution is -2.32. The van der Waals surface area contributed by atoms with Crippen LogP contribution in [0.5, 0.6) is 0 Å². The molecule has 0 unspecified atom stereocenters. The van der Waals surface area contributed by atoms with Gasteiger partial charge < -0.3 is 10.6 Å². The molecule has 3 N–H and O–H groups in total. The van der Waals surface area contributed by atoms with E-state index in [2.05, 4.69) is 22.7 Å². The van der Waals surface area contributed by atoms with Crippen LogP contribution in [0.15, 0.2) is 98.3 Å². The van der Waals surface area contributed by atoms with Crippen molar-refractivity contribution < 1.29 is 13.2 Å². The van der Waals surface area contributed by atoms with Gasteiger partial charge in [0.25, 0.3) is 15.6 Å². The molecule has 9 nitrogen and oxygen atoms in total. The van der Waals surface area contributed by atoms with Crippen molar-refractivity contribution in [2.75, 3.05) is 21.5 Å². The second-order valence-corrected chi connectivity index (χ2v) is 19.7. The van der Waals surface area contributed by atoms with Gasteiger partial charge in [-0.2, -0.15) is 0 Å². The van der Waals surface area contributed by atoms with E-state index >= 15 is 0 Å². The number of rotatable bonds is 24. The molecule has 0 aliphatic carbocycles. The molecule has 0 saturated carbocycles. The molecule has 1 aromatic heterocycles. The number of sulfonamides is 1. The Kier molecular flexibility index (Phi) is 18.9. The first-order chi connectivity index (χ1) is 29.3. The maximum Gasteiger partial charge on any atom is 0.287 e. The molecule has 0 bridgehead atoms. The van der Waals surface area contributed by atoms with Crippen LogP contribution in [0.3, 0.4) is 0 Å². The van der Waals surface area contributed by atoms with Gasteiger partial charge in [-0.05, 0) is 74.4 Å². The molecular weight excluding hydrogens is 892 g/mol. The summed E-state index contributed by atoms with van der Waals surface area (Å²) < 4.78 is 31.1. The molecule has 0 spiro atoms. The predicted octanol–water partition coefficient (Wildman–Crippen LogP) is 14.6. The molecule has 4 aromatic carbocycles. The largest absolute Gasteiger partial charge is 0.338 e. The van der Waals surface area contributed by atoms with E-state index < -0.39 is 15.6 Å². The Labute approximate surface area is 384 Å². The minimum absolute atomic E-state index is 0.100. The Bertz CT molecular complexity index is 2380. The van der Waals surface area contributed by atoms with Crippen LogP contribution in [-0.2, 0) is 14.8 Å². The number of nitrogens with zero attached hydrogens (tertiary/aromatic N) is 2. The second kappa shape index (κ2) is 23.7. The Morgan fingerprint density at radius 2 is 1.36 bits per heavy atom. The van der Waals surface area contributed by atoms with Crippen LogP contribution >= 0.6 is 58.2 Å². The van der Waals surface area contributed by atoms with Crippen molar-refractivity contribution in [2.24, 2.45) is 0 Å². The molecule has 0 aliphatic rings. The van der Waals surface area contributed by atoms with E-state index in [1.807, 2.05) is 13.8 Å². The number of amides is 1. The second-order valence-electron chi connectivity index (χ2n) is 15.1. The first-order valence-corrected chi connectivity index (χ1v) is 24.8. The summed E-state index contributed by atoms with van der Waals surface area (Å²) >= 11 is 27.3. The summed E-state index contributed by atoms with van der Waals surface area (Å²) in [5.74, 6) is 0.122. The fraction of sp³-hybridized carbons (Fsp3) is 0.391. The fourth-order valence-electron chi connectivity index (χ4n) is 6.88. The van der Waals surface area contributed by atoms with Gasteiger partial charge in [0.05, 0.1) is 31.3 Å². The zero-order chi connectivity index (χ0) is 43.9. The van der Waals surface area contributed by atoms with Crippen LogP contribution in [0, 0.1) is 6.92 Å². The zero-order valence-electron chi connectivity index (χ0n) is 35.0. The number of halogens is 4. The molecule has 1 amide bonds. The van der Waals surface area contributed by atoms with Crippen LogP contribution in [0.25, 0.3) is 5.69 Å². The Balaban J connectivity index is 1.41. The number of benzene rings is 4. The van der Waals surface area contributed by atoms with Crippen LogP contribution in [0.2, 0.25) is 20.1 Å². The summed E-state index contributed by atoms with van der Waals surface area (Å²) in [5.41, 5.74) is 1.91. The number of carbonyl (C=O) groups is 1. The number of hydrogen-bond donors (Lipinski definition) is 3. The van der Waals surface area contributed by atoms with Gasteiger partial charge in [0.2, 0.25) is 5.91 Å². The lowest BCUT2D eigenvalue weighted by Gasteiger charge is -2.26. The first kappa shape index (κ1) is 48.5. The summed E-state index contributed by atoms with van der Waals surface area (Å²) in [6, 6.07) is 21.8. The molecule has 0 aliphatic heterocycles. The third-order valence-corrected chi connectivity index (χ3v) is 14.3. The highest BCUT2D eigenvalue weighted by atomic mass is 35.5. The number of hydrogen-bond acceptors (Lipinski definition) is 6. The third-order valence-electron chi connectivity index (χ3n) is 10.2. The monoisotopic (exact) mass is 945 g/mol. The molecule has 1 heterocycles. The number of aromatic amines is 1. The number of carbonyl (C=O) groups excluding carboxylic acids is 1. The van der Waals surface area contributed by atoms with Crippen LogP contribution < -0.4 is 20.5 Å². The summed E-state index contributed by atoms with van der Waals surface area (Å²) in [6.07, 6.45) is 14.9. The topological polar surface area (TPSA) is 116 Å². The van der Waals surface area contributed by atoms with Gasteiger partial charge in [0, 0.05) is 28.6 Å². The number of aromatic nitrogens is 2. The Hall–Kier alpha value is -3.58. The maximum absolute atomic E-state index is 14.5. The maximum atomic E-state index is 14.5. The van der Waals surface area contributed by atoms with Gasteiger partial charge in [-0.1, -0.05) is 172 Å². The molecule has 0 radical (unpaired) electrons. The highest BCUT2D eigenvalue weighted by Crippen LogP contribution is 2.41. The summed E-state index contributed by atoms with van der Waals surface area (Å²) in [5, 5.41) is 10.2. The number of H-pyrrole nitrogens is 1. The van der Waals surface area contributed by atoms with Crippen molar-refractivity contribution in [2.45, 2.75) is 125 Å². The van der Waals surface area contributed by atoms with Gasteiger partial charge in [-0.3, -0.25) is 19.0 Å². The number of aryl methyl sites for hydroxylation is 1. The van der Waals surface area contributed by atoms with Crippen molar-refractivity contribution in [1.82, 2.24) is 9.78 Å². The van der Waals surface area contributed by atoms with Gasteiger partial charge in [-0.25, -0.2) is 13.1 Å². The average molecular weight is 948 g/mol. The van der Waals surface area contributed by atoms with Crippen molar-refractivity contribution >= 4 is 97.0 Å². The molecule has 5 aromatic rings. The van der Waals surface area contributed by atoms with Gasteiger partial charge >= 0.3 is 0 Å². The average Bonchev–Trinajstić information content (AvgIpc) is 3.51. The summed E-state index contributed by atoms with van der Waals surface area (Å²) in [7, 11) is -4.00. The number of para-hydroxylation sites is 1. The third kappa shape index (κ3) is 13.5. The van der Waals surface area contributed by atoms with Crippen molar-refractivity contribution in [1.29, 1.82) is 0 Å². The molecule has 0 fully saturated rings. The Morgan fingerprint density at radius 1 is 0.754 bits per heavy atom. The quantitative estimate of drug-likeness (QED) is 0.0531. The van der Waals surface area contributed by atoms with Gasteiger partial charge in [0.1, 0.15) is 16.4 Å². The van der Waals surface area contributed by atoms with E-state index in [0.29, 0.717) is 39.8 Å². The van der Waals surface area contributed by atoms with E-state index in [1.165, 1.54) is 72.5 Å².